The molecule has 1 fully saturated rings. The van der Waals surface area contributed by atoms with E-state index in [1.165, 1.54) is 21.9 Å². The van der Waals surface area contributed by atoms with Gasteiger partial charge in [0.15, 0.2) is 0 Å². The molecule has 2 aromatic heterocycles. The van der Waals surface area contributed by atoms with E-state index in [2.05, 4.69) is 15.0 Å². The topological polar surface area (TPSA) is 70.8 Å². The van der Waals surface area contributed by atoms with Gasteiger partial charge in [0.05, 0.1) is 0 Å². The number of amides is 1. The lowest BCUT2D eigenvalue weighted by Gasteiger charge is -2.35. The van der Waals surface area contributed by atoms with Crippen molar-refractivity contribution in [2.45, 2.75) is 20.8 Å². The zero-order chi connectivity index (χ0) is 15.9. The van der Waals surface area contributed by atoms with Crippen LogP contribution in [0.1, 0.15) is 19.5 Å². The molecule has 7 nitrogen and oxygen atoms in total. The number of nitrogens with zero attached hydrogens (tertiary/aromatic N) is 5. The molecule has 118 valence electrons. The summed E-state index contributed by atoms with van der Waals surface area (Å²) in [6, 6.07) is 1.48. The van der Waals surface area contributed by atoms with Crippen molar-refractivity contribution in [1.82, 2.24) is 19.5 Å². The molecule has 0 atom stereocenters. The van der Waals surface area contributed by atoms with E-state index < -0.39 is 0 Å². The van der Waals surface area contributed by atoms with Crippen LogP contribution in [-0.4, -0.2) is 51.6 Å². The lowest BCUT2D eigenvalue weighted by atomic mass is 10.2. The first-order valence-corrected chi connectivity index (χ1v) is 8.18. The van der Waals surface area contributed by atoms with Crippen molar-refractivity contribution in [3.05, 3.63) is 22.1 Å². The van der Waals surface area contributed by atoms with Gasteiger partial charge in [0.2, 0.25) is 16.0 Å². The minimum absolute atomic E-state index is 0.0275. The minimum atomic E-state index is -0.154. The quantitative estimate of drug-likeness (QED) is 0.817. The van der Waals surface area contributed by atoms with Gasteiger partial charge in [-0.1, -0.05) is 25.2 Å². The van der Waals surface area contributed by atoms with Gasteiger partial charge in [-0.15, -0.1) is 5.10 Å². The fourth-order valence-electron chi connectivity index (χ4n) is 2.52. The van der Waals surface area contributed by atoms with E-state index in [1.54, 1.807) is 6.92 Å². The first kappa shape index (κ1) is 15.0. The van der Waals surface area contributed by atoms with Crippen molar-refractivity contribution in [2.75, 3.05) is 31.1 Å². The smallest absolute Gasteiger partial charge is 0.275 e. The number of piperazine rings is 1. The summed E-state index contributed by atoms with van der Waals surface area (Å²) in [5.74, 6) is 0.220. The molecule has 0 radical (unpaired) electrons. The number of carbonyl (C=O) groups is 1. The maximum atomic E-state index is 12.0. The normalized spacial score (nSPS) is 15.8. The van der Waals surface area contributed by atoms with E-state index in [4.69, 9.17) is 0 Å². The van der Waals surface area contributed by atoms with Crippen LogP contribution in [0.2, 0.25) is 0 Å². The molecule has 1 amide bonds. The third kappa shape index (κ3) is 2.70. The van der Waals surface area contributed by atoms with Gasteiger partial charge in [-0.2, -0.15) is 4.52 Å². The summed E-state index contributed by atoms with van der Waals surface area (Å²) < 4.78 is 1.35. The van der Waals surface area contributed by atoms with Gasteiger partial charge in [-0.25, -0.2) is 4.98 Å². The van der Waals surface area contributed by atoms with Gasteiger partial charge < -0.3 is 9.80 Å². The predicted octanol–water partition coefficient (Wildman–Crippen LogP) is 0.764. The summed E-state index contributed by atoms with van der Waals surface area (Å²) in [7, 11) is 0. The number of aryl methyl sites for hydroxylation is 1. The zero-order valence-electron chi connectivity index (χ0n) is 12.9. The highest BCUT2D eigenvalue weighted by Gasteiger charge is 2.24. The molecule has 1 aliphatic rings. The van der Waals surface area contributed by atoms with E-state index in [-0.39, 0.29) is 17.4 Å². The van der Waals surface area contributed by atoms with Crippen LogP contribution >= 0.6 is 11.3 Å². The second-order valence-electron chi connectivity index (χ2n) is 5.78. The molecule has 0 N–H and O–H groups in total. The van der Waals surface area contributed by atoms with Crippen LogP contribution in [0.4, 0.5) is 5.13 Å². The summed E-state index contributed by atoms with van der Waals surface area (Å²) in [6.07, 6.45) is 0. The average Bonchev–Trinajstić information content (AvgIpc) is 2.90. The number of hydrogen-bond donors (Lipinski definition) is 0. The summed E-state index contributed by atoms with van der Waals surface area (Å²) in [5.41, 5.74) is 0.547. The summed E-state index contributed by atoms with van der Waals surface area (Å²) in [5, 5.41) is 5.15. The largest absolute Gasteiger partial charge is 0.343 e. The molecule has 1 saturated heterocycles. The van der Waals surface area contributed by atoms with Crippen LogP contribution in [0.15, 0.2) is 10.9 Å². The third-order valence-electron chi connectivity index (χ3n) is 3.72. The Morgan fingerprint density at radius 3 is 2.59 bits per heavy atom. The molecule has 3 rings (SSSR count). The van der Waals surface area contributed by atoms with Gasteiger partial charge in [0.1, 0.15) is 0 Å². The van der Waals surface area contributed by atoms with Crippen LogP contribution < -0.4 is 10.5 Å². The molecule has 1 aliphatic heterocycles. The first-order chi connectivity index (χ1) is 10.5. The Balaban J connectivity index is 1.78. The van der Waals surface area contributed by atoms with Crippen molar-refractivity contribution in [3.8, 4) is 0 Å². The number of anilines is 1. The molecule has 0 aromatic carbocycles. The average molecular weight is 321 g/mol. The van der Waals surface area contributed by atoms with E-state index in [0.29, 0.717) is 23.7 Å². The SMILES string of the molecule is Cc1cc(=O)n2nc(N3CCN(C(=O)C(C)C)CC3)sc2n1. The van der Waals surface area contributed by atoms with Crippen molar-refractivity contribution < 1.29 is 4.79 Å². The lowest BCUT2D eigenvalue weighted by molar-refractivity contribution is -0.134. The number of aromatic nitrogens is 3. The number of hydrogen-bond acceptors (Lipinski definition) is 6. The Morgan fingerprint density at radius 2 is 1.95 bits per heavy atom. The monoisotopic (exact) mass is 321 g/mol. The summed E-state index contributed by atoms with van der Waals surface area (Å²) in [4.78, 5) is 32.9. The van der Waals surface area contributed by atoms with Gasteiger partial charge in [0, 0.05) is 43.9 Å². The van der Waals surface area contributed by atoms with Gasteiger partial charge in [-0.05, 0) is 6.92 Å². The first-order valence-electron chi connectivity index (χ1n) is 7.37. The molecule has 22 heavy (non-hydrogen) atoms. The molecular formula is C14H19N5O2S. The fourth-order valence-corrected chi connectivity index (χ4v) is 3.53. The molecule has 0 bridgehead atoms. The van der Waals surface area contributed by atoms with Crippen molar-refractivity contribution >= 4 is 27.3 Å². The second-order valence-corrected chi connectivity index (χ2v) is 6.72. The Kier molecular flexibility index (Phi) is 3.86. The van der Waals surface area contributed by atoms with Crippen LogP contribution in [-0.2, 0) is 4.79 Å². The van der Waals surface area contributed by atoms with Gasteiger partial charge in [-0.3, -0.25) is 9.59 Å². The van der Waals surface area contributed by atoms with Gasteiger partial charge >= 0.3 is 0 Å². The highest BCUT2D eigenvalue weighted by atomic mass is 32.1. The minimum Gasteiger partial charge on any atom is -0.343 e. The summed E-state index contributed by atoms with van der Waals surface area (Å²) >= 11 is 1.41. The molecule has 0 unspecified atom stereocenters. The van der Waals surface area contributed by atoms with Gasteiger partial charge in [0.25, 0.3) is 5.56 Å². The standard InChI is InChI=1S/C14H19N5O2S/c1-9(2)12(21)17-4-6-18(7-5-17)14-16-19-11(20)8-10(3)15-13(19)22-14/h8-9H,4-7H2,1-3H3. The molecule has 3 heterocycles. The Bertz CT molecular complexity index is 758. The molecule has 0 saturated carbocycles. The second kappa shape index (κ2) is 5.68. The van der Waals surface area contributed by atoms with Crippen LogP contribution in [0.5, 0.6) is 0 Å². The highest BCUT2D eigenvalue weighted by Crippen LogP contribution is 2.22. The third-order valence-corrected chi connectivity index (χ3v) is 4.69. The molecule has 2 aromatic rings. The Labute approximate surface area is 132 Å². The van der Waals surface area contributed by atoms with Crippen LogP contribution in [0, 0.1) is 12.8 Å². The highest BCUT2D eigenvalue weighted by molar-refractivity contribution is 7.20. The van der Waals surface area contributed by atoms with Crippen LogP contribution in [0.25, 0.3) is 4.96 Å². The maximum Gasteiger partial charge on any atom is 0.275 e. The van der Waals surface area contributed by atoms with E-state index in [1.807, 2.05) is 18.7 Å². The van der Waals surface area contributed by atoms with E-state index in [0.717, 1.165) is 18.2 Å². The lowest BCUT2D eigenvalue weighted by Crippen LogP contribution is -2.50. The molecule has 0 aliphatic carbocycles. The molecular weight excluding hydrogens is 302 g/mol. The number of rotatable bonds is 2. The predicted molar refractivity (Wildman–Crippen MR) is 85.5 cm³/mol. The fraction of sp³-hybridized carbons (Fsp3) is 0.571. The van der Waals surface area contributed by atoms with Crippen molar-refractivity contribution in [2.24, 2.45) is 5.92 Å². The van der Waals surface area contributed by atoms with E-state index in [9.17, 15) is 9.59 Å². The molecule has 0 spiro atoms. The van der Waals surface area contributed by atoms with Crippen molar-refractivity contribution in [1.29, 1.82) is 0 Å². The van der Waals surface area contributed by atoms with Crippen LogP contribution in [0.3, 0.4) is 0 Å². The van der Waals surface area contributed by atoms with E-state index >= 15 is 0 Å². The molecule has 8 heteroatoms. The van der Waals surface area contributed by atoms with Crippen molar-refractivity contribution in [3.63, 3.8) is 0 Å². The number of carbonyl (C=O) groups excluding carboxylic acids is 1. The zero-order valence-corrected chi connectivity index (χ0v) is 13.8. The summed E-state index contributed by atoms with van der Waals surface area (Å²) in [6.45, 7) is 8.48. The maximum absolute atomic E-state index is 12.0. The Morgan fingerprint density at radius 1 is 1.27 bits per heavy atom. The Hall–Kier alpha value is -1.96. The number of fused-ring (bicyclic) bond motifs is 1.